The van der Waals surface area contributed by atoms with Gasteiger partial charge in [-0.3, -0.25) is 9.59 Å². The number of rotatable bonds is 18. The SMILES string of the molecule is [CH2]OCON(CCCCCCC)C(=O)C(C)CCCCCCN[C]=O. The maximum atomic E-state index is 12.5. The quantitative estimate of drug-likeness (QED) is 0.176. The lowest BCUT2D eigenvalue weighted by Crippen LogP contribution is -2.36. The van der Waals surface area contributed by atoms with Crippen LogP contribution in [0.4, 0.5) is 0 Å². The van der Waals surface area contributed by atoms with E-state index in [1.54, 1.807) is 6.41 Å². The minimum atomic E-state index is -0.0677. The number of hydroxylamine groups is 2. The third-order valence-corrected chi connectivity index (χ3v) is 4.19. The second kappa shape index (κ2) is 17.7. The van der Waals surface area contributed by atoms with Crippen LogP contribution in [-0.2, 0) is 19.2 Å². The highest BCUT2D eigenvalue weighted by Crippen LogP contribution is 2.15. The minimum Gasteiger partial charge on any atom is -0.350 e. The highest BCUT2D eigenvalue weighted by molar-refractivity contribution is 5.77. The first-order chi connectivity index (χ1) is 12.2. The van der Waals surface area contributed by atoms with Crippen LogP contribution in [0.3, 0.4) is 0 Å². The molecule has 1 unspecified atom stereocenters. The molecule has 0 aromatic carbocycles. The van der Waals surface area contributed by atoms with E-state index < -0.39 is 0 Å². The van der Waals surface area contributed by atoms with Gasteiger partial charge >= 0.3 is 6.41 Å². The lowest BCUT2D eigenvalue weighted by molar-refractivity contribution is -0.219. The molecule has 2 amide bonds. The van der Waals surface area contributed by atoms with E-state index in [-0.39, 0.29) is 18.6 Å². The van der Waals surface area contributed by atoms with Crippen molar-refractivity contribution in [1.29, 1.82) is 0 Å². The summed E-state index contributed by atoms with van der Waals surface area (Å²) in [6, 6.07) is 0. The Hall–Kier alpha value is -1.14. The number of hydrogen-bond acceptors (Lipinski definition) is 4. The van der Waals surface area contributed by atoms with Crippen LogP contribution in [0.1, 0.15) is 78.1 Å². The fraction of sp³-hybridized carbons (Fsp3) is 0.842. The molecule has 1 atom stereocenters. The number of hydrogen-bond donors (Lipinski definition) is 1. The zero-order valence-electron chi connectivity index (χ0n) is 16.1. The van der Waals surface area contributed by atoms with Crippen LogP contribution in [0.25, 0.3) is 0 Å². The molecule has 0 aromatic rings. The molecule has 6 heteroatoms. The van der Waals surface area contributed by atoms with Crippen molar-refractivity contribution >= 4 is 12.3 Å². The summed E-state index contributed by atoms with van der Waals surface area (Å²) in [5, 5.41) is 3.98. The van der Waals surface area contributed by atoms with Crippen LogP contribution in [0.5, 0.6) is 0 Å². The molecule has 0 aromatic heterocycles. The molecule has 25 heavy (non-hydrogen) atoms. The topological polar surface area (TPSA) is 67.9 Å². The molecule has 0 aliphatic carbocycles. The lowest BCUT2D eigenvalue weighted by atomic mass is 10.0. The van der Waals surface area contributed by atoms with Gasteiger partial charge in [0.05, 0.1) is 7.11 Å². The zero-order valence-corrected chi connectivity index (χ0v) is 16.1. The van der Waals surface area contributed by atoms with Crippen molar-refractivity contribution in [2.45, 2.75) is 78.1 Å². The Bertz CT molecular complexity index is 327. The Labute approximate surface area is 153 Å². The standard InChI is InChI=1S/C19H36N2O4/c1-4-5-6-9-12-15-21(25-17-24-3)19(23)18(2)13-10-7-8-11-14-20-16-22/h18H,3-15,17H2,1-2H3,(H,20,22). The smallest absolute Gasteiger partial charge is 0.309 e. The van der Waals surface area contributed by atoms with Crippen LogP contribution in [0.15, 0.2) is 0 Å². The van der Waals surface area contributed by atoms with Gasteiger partial charge in [-0.15, -0.1) is 0 Å². The predicted octanol–water partition coefficient (Wildman–Crippen LogP) is 3.73. The summed E-state index contributed by atoms with van der Waals surface area (Å²) in [6.45, 7) is 5.40. The molecule has 6 nitrogen and oxygen atoms in total. The Morgan fingerprint density at radius 1 is 1.12 bits per heavy atom. The molecule has 0 bridgehead atoms. The average Bonchev–Trinajstić information content (AvgIpc) is 2.62. The summed E-state index contributed by atoms with van der Waals surface area (Å²) in [7, 11) is 3.28. The van der Waals surface area contributed by atoms with Crippen molar-refractivity contribution in [3.05, 3.63) is 7.11 Å². The Morgan fingerprint density at radius 3 is 2.48 bits per heavy atom. The molecular formula is C19H36N2O4. The molecule has 146 valence electrons. The van der Waals surface area contributed by atoms with Crippen molar-refractivity contribution < 1.29 is 19.2 Å². The maximum Gasteiger partial charge on any atom is 0.309 e. The van der Waals surface area contributed by atoms with Crippen LogP contribution >= 0.6 is 0 Å². The molecule has 0 heterocycles. The Morgan fingerprint density at radius 2 is 1.80 bits per heavy atom. The van der Waals surface area contributed by atoms with Crippen molar-refractivity contribution in [3.8, 4) is 0 Å². The highest BCUT2D eigenvalue weighted by atomic mass is 16.8. The largest absolute Gasteiger partial charge is 0.350 e. The van der Waals surface area contributed by atoms with Gasteiger partial charge in [-0.2, -0.15) is 0 Å². The van der Waals surface area contributed by atoms with Crippen LogP contribution in [0.2, 0.25) is 0 Å². The summed E-state index contributed by atoms with van der Waals surface area (Å²) in [6.07, 6.45) is 12.2. The first-order valence-corrected chi connectivity index (χ1v) is 9.58. The Balaban J connectivity index is 4.03. The van der Waals surface area contributed by atoms with Crippen molar-refractivity contribution in [3.63, 3.8) is 0 Å². The number of nitrogens with one attached hydrogen (secondary N) is 1. The van der Waals surface area contributed by atoms with Crippen molar-refractivity contribution in [2.24, 2.45) is 5.92 Å². The van der Waals surface area contributed by atoms with E-state index in [0.717, 1.165) is 44.9 Å². The third kappa shape index (κ3) is 13.8. The lowest BCUT2D eigenvalue weighted by Gasteiger charge is -2.24. The molecule has 2 radical (unpaired) electrons. The number of nitrogens with zero attached hydrogens (tertiary/aromatic N) is 1. The van der Waals surface area contributed by atoms with Gasteiger partial charge in [-0.25, -0.2) is 9.90 Å². The summed E-state index contributed by atoms with van der Waals surface area (Å²) >= 11 is 0. The van der Waals surface area contributed by atoms with Gasteiger partial charge in [0.1, 0.15) is 0 Å². The first kappa shape index (κ1) is 23.9. The fourth-order valence-corrected chi connectivity index (χ4v) is 2.64. The van der Waals surface area contributed by atoms with Gasteiger partial charge in [-0.05, 0) is 19.3 Å². The van der Waals surface area contributed by atoms with E-state index in [4.69, 9.17) is 9.57 Å². The molecule has 0 aliphatic rings. The van der Waals surface area contributed by atoms with Crippen molar-refractivity contribution in [1.82, 2.24) is 10.4 Å². The van der Waals surface area contributed by atoms with Gasteiger partial charge in [0, 0.05) is 19.0 Å². The summed E-state index contributed by atoms with van der Waals surface area (Å²) < 4.78 is 4.69. The molecule has 0 aliphatic heterocycles. The normalized spacial score (nSPS) is 12.0. The molecule has 0 spiro atoms. The minimum absolute atomic E-state index is 0.00578. The Kier molecular flexibility index (Phi) is 16.9. The van der Waals surface area contributed by atoms with Crippen LogP contribution in [0, 0.1) is 13.0 Å². The van der Waals surface area contributed by atoms with Crippen LogP contribution < -0.4 is 5.32 Å². The summed E-state index contributed by atoms with van der Waals surface area (Å²) in [5.74, 6) is -0.0494. The third-order valence-electron chi connectivity index (χ3n) is 4.19. The number of carbonyl (C=O) groups is 1. The molecule has 0 fully saturated rings. The number of ether oxygens (including phenoxy) is 1. The highest BCUT2D eigenvalue weighted by Gasteiger charge is 2.20. The monoisotopic (exact) mass is 356 g/mol. The van der Waals surface area contributed by atoms with E-state index in [9.17, 15) is 9.59 Å². The van der Waals surface area contributed by atoms with Crippen LogP contribution in [-0.4, -0.2) is 37.3 Å². The predicted molar refractivity (Wildman–Crippen MR) is 98.8 cm³/mol. The average molecular weight is 357 g/mol. The van der Waals surface area contributed by atoms with Gasteiger partial charge in [0.2, 0.25) is 5.91 Å². The van der Waals surface area contributed by atoms with E-state index in [1.807, 2.05) is 6.92 Å². The van der Waals surface area contributed by atoms with E-state index in [0.29, 0.717) is 13.1 Å². The maximum absolute atomic E-state index is 12.5. The zero-order chi connectivity index (χ0) is 18.8. The second-order valence-corrected chi connectivity index (χ2v) is 6.44. The summed E-state index contributed by atoms with van der Waals surface area (Å²) in [4.78, 5) is 28.0. The van der Waals surface area contributed by atoms with Gasteiger partial charge < -0.3 is 10.1 Å². The number of amides is 2. The van der Waals surface area contributed by atoms with Gasteiger partial charge in [0.25, 0.3) is 0 Å². The fourth-order valence-electron chi connectivity index (χ4n) is 2.64. The summed E-state index contributed by atoms with van der Waals surface area (Å²) in [5.41, 5.74) is 0. The van der Waals surface area contributed by atoms with Gasteiger partial charge in [-0.1, -0.05) is 58.8 Å². The molecule has 0 saturated carbocycles. The first-order valence-electron chi connectivity index (χ1n) is 9.58. The number of carbonyl (C=O) groups excluding carboxylic acids is 2. The van der Waals surface area contributed by atoms with E-state index >= 15 is 0 Å². The van der Waals surface area contributed by atoms with E-state index in [2.05, 4.69) is 19.4 Å². The second-order valence-electron chi connectivity index (χ2n) is 6.44. The molecule has 1 N–H and O–H groups in total. The molecular weight excluding hydrogens is 320 g/mol. The molecule has 0 rings (SSSR count). The number of unbranched alkanes of at least 4 members (excludes halogenated alkanes) is 7. The van der Waals surface area contributed by atoms with Crippen molar-refractivity contribution in [2.75, 3.05) is 19.9 Å². The van der Waals surface area contributed by atoms with Gasteiger partial charge in [0.15, 0.2) is 6.79 Å². The molecule has 0 saturated heterocycles. The van der Waals surface area contributed by atoms with E-state index in [1.165, 1.54) is 24.3 Å².